The van der Waals surface area contributed by atoms with E-state index in [0.29, 0.717) is 6.04 Å². The molecule has 19 heavy (non-hydrogen) atoms. The number of piperazine rings is 3. The fourth-order valence-electron chi connectivity index (χ4n) is 3.14. The van der Waals surface area contributed by atoms with Crippen molar-refractivity contribution >= 4 is 15.9 Å². The Labute approximate surface area is 121 Å². The van der Waals surface area contributed by atoms with E-state index in [9.17, 15) is 4.39 Å². The van der Waals surface area contributed by atoms with Crippen molar-refractivity contribution < 1.29 is 4.39 Å². The maximum absolute atomic E-state index is 13.1. The van der Waals surface area contributed by atoms with Gasteiger partial charge < -0.3 is 5.73 Å². The molecule has 0 radical (unpaired) electrons. The van der Waals surface area contributed by atoms with Gasteiger partial charge in [0.1, 0.15) is 5.82 Å². The highest BCUT2D eigenvalue weighted by Crippen LogP contribution is 2.23. The highest BCUT2D eigenvalue weighted by atomic mass is 79.9. The molecule has 3 aliphatic rings. The van der Waals surface area contributed by atoms with Crippen molar-refractivity contribution in [2.24, 2.45) is 5.73 Å². The Hall–Kier alpha value is -0.490. The Bertz CT molecular complexity index is 460. The van der Waals surface area contributed by atoms with Gasteiger partial charge >= 0.3 is 0 Å². The van der Waals surface area contributed by atoms with E-state index < -0.39 is 0 Å². The molecule has 5 heteroatoms. The second-order valence-corrected chi connectivity index (χ2v) is 6.36. The third kappa shape index (κ3) is 2.84. The van der Waals surface area contributed by atoms with Crippen LogP contribution in [-0.2, 0) is 6.42 Å². The molecule has 3 heterocycles. The van der Waals surface area contributed by atoms with Crippen LogP contribution in [0.25, 0.3) is 0 Å². The summed E-state index contributed by atoms with van der Waals surface area (Å²) in [6.07, 6.45) is 0.788. The molecular formula is C14H19BrFN3. The molecule has 1 aromatic carbocycles. The third-order valence-corrected chi connectivity index (χ3v) is 5.02. The zero-order chi connectivity index (χ0) is 13.4. The molecule has 4 rings (SSSR count). The predicted octanol–water partition coefficient (Wildman–Crippen LogP) is 1.46. The highest BCUT2D eigenvalue weighted by molar-refractivity contribution is 9.10. The normalized spacial score (nSPS) is 31.4. The average Bonchev–Trinajstić information content (AvgIpc) is 2.43. The van der Waals surface area contributed by atoms with Gasteiger partial charge in [0.2, 0.25) is 0 Å². The van der Waals surface area contributed by atoms with Gasteiger partial charge in [-0.1, -0.05) is 22.0 Å². The Kier molecular flexibility index (Phi) is 3.89. The van der Waals surface area contributed by atoms with Crippen LogP contribution in [0.15, 0.2) is 22.7 Å². The molecule has 0 aromatic heterocycles. The van der Waals surface area contributed by atoms with Crippen LogP contribution in [0.2, 0.25) is 0 Å². The topological polar surface area (TPSA) is 32.5 Å². The first kappa shape index (κ1) is 13.5. The molecule has 0 saturated carbocycles. The maximum atomic E-state index is 13.1. The number of fused-ring (bicyclic) bond motifs is 3. The Morgan fingerprint density at radius 2 is 2.05 bits per heavy atom. The van der Waals surface area contributed by atoms with Crippen LogP contribution in [-0.4, -0.2) is 54.6 Å². The SMILES string of the molecule is NC(Cc1ccc(F)cc1Br)C1CN2CCN1CC2. The molecule has 2 N–H and O–H groups in total. The average molecular weight is 328 g/mol. The summed E-state index contributed by atoms with van der Waals surface area (Å²) in [7, 11) is 0. The summed E-state index contributed by atoms with van der Waals surface area (Å²) in [5.74, 6) is -0.212. The zero-order valence-corrected chi connectivity index (χ0v) is 12.4. The van der Waals surface area contributed by atoms with E-state index in [1.54, 1.807) is 0 Å². The van der Waals surface area contributed by atoms with Gasteiger partial charge in [0, 0.05) is 49.3 Å². The molecule has 2 bridgehead atoms. The van der Waals surface area contributed by atoms with Crippen LogP contribution in [0.5, 0.6) is 0 Å². The Balaban J connectivity index is 1.69. The van der Waals surface area contributed by atoms with Gasteiger partial charge in [-0.05, 0) is 24.1 Å². The molecule has 2 atom stereocenters. The largest absolute Gasteiger partial charge is 0.326 e. The van der Waals surface area contributed by atoms with Crippen LogP contribution in [0.4, 0.5) is 4.39 Å². The van der Waals surface area contributed by atoms with Crippen molar-refractivity contribution in [2.75, 3.05) is 32.7 Å². The molecule has 3 aliphatic heterocycles. The molecule has 0 aliphatic carbocycles. The van der Waals surface area contributed by atoms with Crippen molar-refractivity contribution in [3.05, 3.63) is 34.1 Å². The quantitative estimate of drug-likeness (QED) is 0.912. The standard InChI is InChI=1S/C14H19BrFN3/c15-12-8-11(16)2-1-10(12)7-13(17)14-9-18-3-5-19(14)6-4-18/h1-2,8,13-14H,3-7,9,17H2. The molecule has 0 spiro atoms. The smallest absolute Gasteiger partial charge is 0.124 e. The van der Waals surface area contributed by atoms with E-state index >= 15 is 0 Å². The van der Waals surface area contributed by atoms with E-state index in [0.717, 1.165) is 36.1 Å². The van der Waals surface area contributed by atoms with Crippen LogP contribution in [0, 0.1) is 5.82 Å². The summed E-state index contributed by atoms with van der Waals surface area (Å²) in [6.45, 7) is 5.67. The van der Waals surface area contributed by atoms with Gasteiger partial charge in [-0.3, -0.25) is 9.80 Å². The summed E-state index contributed by atoms with van der Waals surface area (Å²) >= 11 is 3.42. The molecular weight excluding hydrogens is 309 g/mol. The molecule has 2 unspecified atom stereocenters. The van der Waals surface area contributed by atoms with E-state index in [-0.39, 0.29) is 11.9 Å². The Morgan fingerprint density at radius 3 is 2.63 bits per heavy atom. The summed E-state index contributed by atoms with van der Waals surface area (Å²) in [4.78, 5) is 4.99. The number of hydrogen-bond acceptors (Lipinski definition) is 3. The number of nitrogens with zero attached hydrogens (tertiary/aromatic N) is 2. The number of halogens is 2. The fraction of sp³-hybridized carbons (Fsp3) is 0.571. The maximum Gasteiger partial charge on any atom is 0.124 e. The third-order valence-electron chi connectivity index (χ3n) is 4.29. The summed E-state index contributed by atoms with van der Waals surface area (Å²) in [5.41, 5.74) is 7.48. The van der Waals surface area contributed by atoms with E-state index in [1.807, 2.05) is 6.07 Å². The van der Waals surface area contributed by atoms with Crippen molar-refractivity contribution in [1.29, 1.82) is 0 Å². The summed E-state index contributed by atoms with van der Waals surface area (Å²) in [6, 6.07) is 5.38. The van der Waals surface area contributed by atoms with Gasteiger partial charge in [0.25, 0.3) is 0 Å². The lowest BCUT2D eigenvalue weighted by molar-refractivity contribution is 0.00256. The van der Waals surface area contributed by atoms with Crippen molar-refractivity contribution in [3.63, 3.8) is 0 Å². The number of hydrogen-bond donors (Lipinski definition) is 1. The van der Waals surface area contributed by atoms with Gasteiger partial charge in [0.15, 0.2) is 0 Å². The van der Waals surface area contributed by atoms with E-state index in [4.69, 9.17) is 5.73 Å². The lowest BCUT2D eigenvalue weighted by Crippen LogP contribution is -2.66. The zero-order valence-electron chi connectivity index (χ0n) is 10.9. The highest BCUT2D eigenvalue weighted by Gasteiger charge is 2.35. The van der Waals surface area contributed by atoms with Crippen LogP contribution in [0.3, 0.4) is 0 Å². The number of rotatable bonds is 3. The first-order valence-corrected chi connectivity index (χ1v) is 7.59. The van der Waals surface area contributed by atoms with Crippen LogP contribution in [0.1, 0.15) is 5.56 Å². The first-order chi connectivity index (χ1) is 9.13. The van der Waals surface area contributed by atoms with Crippen molar-refractivity contribution in [1.82, 2.24) is 9.80 Å². The summed E-state index contributed by atoms with van der Waals surface area (Å²) in [5, 5.41) is 0. The minimum Gasteiger partial charge on any atom is -0.326 e. The molecule has 3 fully saturated rings. The van der Waals surface area contributed by atoms with Crippen molar-refractivity contribution in [3.8, 4) is 0 Å². The molecule has 3 saturated heterocycles. The van der Waals surface area contributed by atoms with Crippen LogP contribution < -0.4 is 5.73 Å². The van der Waals surface area contributed by atoms with Crippen LogP contribution >= 0.6 is 15.9 Å². The molecule has 1 aromatic rings. The van der Waals surface area contributed by atoms with Gasteiger partial charge in [-0.25, -0.2) is 4.39 Å². The van der Waals surface area contributed by atoms with Gasteiger partial charge in [0.05, 0.1) is 0 Å². The van der Waals surface area contributed by atoms with E-state index in [1.165, 1.54) is 25.2 Å². The molecule has 104 valence electrons. The number of nitrogens with two attached hydrogens (primary N) is 1. The molecule has 0 amide bonds. The van der Waals surface area contributed by atoms with Gasteiger partial charge in [-0.2, -0.15) is 0 Å². The minimum absolute atomic E-state index is 0.102. The second-order valence-electron chi connectivity index (χ2n) is 5.51. The lowest BCUT2D eigenvalue weighted by Gasteiger charge is -2.49. The molecule has 3 nitrogen and oxygen atoms in total. The fourth-order valence-corrected chi connectivity index (χ4v) is 3.65. The summed E-state index contributed by atoms with van der Waals surface area (Å²) < 4.78 is 13.9. The monoisotopic (exact) mass is 327 g/mol. The minimum atomic E-state index is -0.212. The number of benzene rings is 1. The van der Waals surface area contributed by atoms with Gasteiger partial charge in [-0.15, -0.1) is 0 Å². The predicted molar refractivity (Wildman–Crippen MR) is 77.6 cm³/mol. The lowest BCUT2D eigenvalue weighted by atomic mass is 9.95. The Morgan fingerprint density at radius 1 is 1.32 bits per heavy atom. The second kappa shape index (κ2) is 5.48. The first-order valence-electron chi connectivity index (χ1n) is 6.79. The van der Waals surface area contributed by atoms with E-state index in [2.05, 4.69) is 25.7 Å². The van der Waals surface area contributed by atoms with Crippen molar-refractivity contribution in [2.45, 2.75) is 18.5 Å².